The highest BCUT2D eigenvalue weighted by atomic mass is 35.5. The van der Waals surface area contributed by atoms with Gasteiger partial charge in [-0.1, -0.05) is 40.9 Å². The Morgan fingerprint density at radius 3 is 2.61 bits per heavy atom. The summed E-state index contributed by atoms with van der Waals surface area (Å²) in [7, 11) is 1.87. The number of imidazole rings is 1. The number of hydrogen-bond acceptors (Lipinski definition) is 4. The molecule has 0 spiro atoms. The first-order valence-electron chi connectivity index (χ1n) is 9.97. The van der Waals surface area contributed by atoms with E-state index in [2.05, 4.69) is 10.2 Å². The first-order valence-corrected chi connectivity index (χ1v) is 11.1. The molecular weight excluding hydrogens is 481 g/mol. The molecule has 4 heterocycles. The predicted octanol–water partition coefficient (Wildman–Crippen LogP) is 6.10. The van der Waals surface area contributed by atoms with E-state index in [-0.39, 0.29) is 0 Å². The number of benzene rings is 2. The van der Waals surface area contributed by atoms with E-state index in [9.17, 15) is 0 Å². The summed E-state index contributed by atoms with van der Waals surface area (Å²) < 4.78 is 5.58. The average molecular weight is 495 g/mol. The fourth-order valence-corrected chi connectivity index (χ4v) is 4.56. The van der Waals surface area contributed by atoms with Gasteiger partial charge in [-0.3, -0.25) is 13.6 Å². The number of aromatic nitrogens is 7. The van der Waals surface area contributed by atoms with Crippen molar-refractivity contribution in [2.75, 3.05) is 0 Å². The molecule has 0 fully saturated rings. The van der Waals surface area contributed by atoms with Crippen LogP contribution < -0.4 is 0 Å². The van der Waals surface area contributed by atoms with Crippen LogP contribution in [0.25, 0.3) is 45.1 Å². The second-order valence-electron chi connectivity index (χ2n) is 7.50. The largest absolute Gasteiger partial charge is 0.296 e. The number of hydrogen-bond donors (Lipinski definition) is 0. The SMILES string of the molecule is Cn1nc(-n2cnnc2-c2c(-c3cc(Cl)ccc3Cl)nc3ccccn23)c2ccc(Cl)cc21. The van der Waals surface area contributed by atoms with Crippen LogP contribution in [0.2, 0.25) is 15.1 Å². The van der Waals surface area contributed by atoms with Gasteiger partial charge in [-0.2, -0.15) is 5.10 Å². The zero-order valence-electron chi connectivity index (χ0n) is 17.1. The summed E-state index contributed by atoms with van der Waals surface area (Å²) in [5.74, 6) is 1.24. The molecule has 0 saturated carbocycles. The van der Waals surface area contributed by atoms with Crippen LogP contribution in [0, 0.1) is 0 Å². The van der Waals surface area contributed by atoms with Gasteiger partial charge in [0.25, 0.3) is 0 Å². The summed E-state index contributed by atoms with van der Waals surface area (Å²) in [6, 6.07) is 16.7. The second kappa shape index (κ2) is 7.59. The molecule has 33 heavy (non-hydrogen) atoms. The van der Waals surface area contributed by atoms with Crippen molar-refractivity contribution >= 4 is 51.4 Å². The van der Waals surface area contributed by atoms with Gasteiger partial charge in [0, 0.05) is 34.2 Å². The van der Waals surface area contributed by atoms with Gasteiger partial charge in [-0.15, -0.1) is 10.2 Å². The number of pyridine rings is 1. The molecule has 6 rings (SSSR count). The van der Waals surface area contributed by atoms with Gasteiger partial charge in [-0.25, -0.2) is 4.98 Å². The Hall–Kier alpha value is -3.39. The molecule has 0 unspecified atom stereocenters. The Bertz CT molecular complexity index is 1680. The van der Waals surface area contributed by atoms with Gasteiger partial charge in [0.15, 0.2) is 11.6 Å². The van der Waals surface area contributed by atoms with Gasteiger partial charge in [0.05, 0.1) is 10.5 Å². The maximum atomic E-state index is 6.57. The predicted molar refractivity (Wildman–Crippen MR) is 130 cm³/mol. The minimum atomic E-state index is 0.535. The second-order valence-corrected chi connectivity index (χ2v) is 8.78. The van der Waals surface area contributed by atoms with Crippen LogP contribution in [0.5, 0.6) is 0 Å². The lowest BCUT2D eigenvalue weighted by Crippen LogP contribution is -2.02. The monoisotopic (exact) mass is 493 g/mol. The van der Waals surface area contributed by atoms with E-state index in [1.807, 2.05) is 58.6 Å². The third-order valence-electron chi connectivity index (χ3n) is 5.50. The third-order valence-corrected chi connectivity index (χ3v) is 6.30. The molecule has 0 bridgehead atoms. The lowest BCUT2D eigenvalue weighted by atomic mass is 10.1. The molecule has 6 aromatic rings. The molecule has 0 amide bonds. The summed E-state index contributed by atoms with van der Waals surface area (Å²) in [5.41, 5.74) is 3.71. The zero-order valence-corrected chi connectivity index (χ0v) is 19.4. The standard InChI is InChI=1S/C23H14Cl3N7/c1-31-18-11-14(25)5-7-15(18)22(30-31)33-12-27-29-23(33)21-20(16-10-13(24)6-8-17(16)26)28-19-4-2-3-9-32(19)21/h2-12H,1H3. The average Bonchev–Trinajstić information content (AvgIpc) is 3.50. The van der Waals surface area contributed by atoms with Gasteiger partial charge < -0.3 is 0 Å². The summed E-state index contributed by atoms with van der Waals surface area (Å²) in [6.07, 6.45) is 3.56. The normalized spacial score (nSPS) is 11.6. The van der Waals surface area contributed by atoms with Crippen LogP contribution in [0.3, 0.4) is 0 Å². The maximum Gasteiger partial charge on any atom is 0.188 e. The van der Waals surface area contributed by atoms with Crippen LogP contribution in [-0.2, 0) is 7.05 Å². The summed E-state index contributed by atoms with van der Waals surface area (Å²) >= 11 is 19.1. The molecule has 162 valence electrons. The van der Waals surface area contributed by atoms with E-state index >= 15 is 0 Å². The van der Waals surface area contributed by atoms with Crippen LogP contribution in [0.1, 0.15) is 0 Å². The smallest absolute Gasteiger partial charge is 0.188 e. The van der Waals surface area contributed by atoms with E-state index < -0.39 is 0 Å². The first kappa shape index (κ1) is 20.2. The van der Waals surface area contributed by atoms with Gasteiger partial charge in [0.2, 0.25) is 0 Å². The van der Waals surface area contributed by atoms with Crippen molar-refractivity contribution in [1.29, 1.82) is 0 Å². The van der Waals surface area contributed by atoms with Crippen LogP contribution in [0.15, 0.2) is 67.1 Å². The Morgan fingerprint density at radius 1 is 0.909 bits per heavy atom. The molecule has 10 heteroatoms. The number of halogens is 3. The highest BCUT2D eigenvalue weighted by molar-refractivity contribution is 6.35. The fourth-order valence-electron chi connectivity index (χ4n) is 4.02. The number of nitrogens with zero attached hydrogens (tertiary/aromatic N) is 7. The van der Waals surface area contributed by atoms with Crippen molar-refractivity contribution in [1.82, 2.24) is 33.9 Å². The first-order chi connectivity index (χ1) is 16.0. The number of aryl methyl sites for hydroxylation is 1. The van der Waals surface area contributed by atoms with Gasteiger partial charge >= 0.3 is 0 Å². The molecule has 0 radical (unpaired) electrons. The van der Waals surface area contributed by atoms with Crippen LogP contribution in [-0.4, -0.2) is 33.9 Å². The Morgan fingerprint density at radius 2 is 1.73 bits per heavy atom. The molecule has 4 aromatic heterocycles. The minimum Gasteiger partial charge on any atom is -0.296 e. The molecule has 7 nitrogen and oxygen atoms in total. The third kappa shape index (κ3) is 3.20. The van der Waals surface area contributed by atoms with E-state index in [0.29, 0.717) is 38.0 Å². The summed E-state index contributed by atoms with van der Waals surface area (Å²) in [5, 5.41) is 16.0. The highest BCUT2D eigenvalue weighted by Crippen LogP contribution is 2.38. The summed E-state index contributed by atoms with van der Waals surface area (Å²) in [4.78, 5) is 4.85. The Labute approximate surface area is 202 Å². The Balaban J connectivity index is 1.67. The lowest BCUT2D eigenvalue weighted by Gasteiger charge is -2.08. The minimum absolute atomic E-state index is 0.535. The van der Waals surface area contributed by atoms with Crippen molar-refractivity contribution in [2.45, 2.75) is 0 Å². The van der Waals surface area contributed by atoms with E-state index in [1.54, 1.807) is 29.2 Å². The molecule has 0 N–H and O–H groups in total. The van der Waals surface area contributed by atoms with Crippen LogP contribution >= 0.6 is 34.8 Å². The highest BCUT2D eigenvalue weighted by Gasteiger charge is 2.24. The van der Waals surface area contributed by atoms with Crippen molar-refractivity contribution in [3.8, 4) is 28.6 Å². The van der Waals surface area contributed by atoms with Crippen molar-refractivity contribution in [3.05, 3.63) is 82.2 Å². The topological polar surface area (TPSA) is 65.8 Å². The van der Waals surface area contributed by atoms with Gasteiger partial charge in [-0.05, 0) is 48.5 Å². The summed E-state index contributed by atoms with van der Waals surface area (Å²) in [6.45, 7) is 0. The molecule has 0 aliphatic carbocycles. The quantitative estimate of drug-likeness (QED) is 0.298. The van der Waals surface area contributed by atoms with Crippen molar-refractivity contribution in [2.24, 2.45) is 7.05 Å². The molecule has 0 saturated heterocycles. The molecular formula is C23H14Cl3N7. The fraction of sp³-hybridized carbons (Fsp3) is 0.0435. The molecule has 0 aliphatic heterocycles. The van der Waals surface area contributed by atoms with Crippen LogP contribution in [0.4, 0.5) is 0 Å². The molecule has 0 aliphatic rings. The molecule has 0 atom stereocenters. The number of fused-ring (bicyclic) bond motifs is 2. The van der Waals surface area contributed by atoms with E-state index in [0.717, 1.165) is 22.2 Å². The lowest BCUT2D eigenvalue weighted by molar-refractivity contribution is 0.775. The van der Waals surface area contributed by atoms with E-state index in [4.69, 9.17) is 44.9 Å². The zero-order chi connectivity index (χ0) is 22.7. The Kier molecular flexibility index (Phi) is 4.65. The maximum absolute atomic E-state index is 6.57. The van der Waals surface area contributed by atoms with Crippen molar-refractivity contribution in [3.63, 3.8) is 0 Å². The molecule has 2 aromatic carbocycles. The van der Waals surface area contributed by atoms with Gasteiger partial charge in [0.1, 0.15) is 23.4 Å². The van der Waals surface area contributed by atoms with Crippen molar-refractivity contribution < 1.29 is 0 Å². The number of rotatable bonds is 3. The van der Waals surface area contributed by atoms with E-state index in [1.165, 1.54) is 0 Å².